The third-order valence-corrected chi connectivity index (χ3v) is 2.75. The van der Waals surface area contributed by atoms with E-state index < -0.39 is 0 Å². The van der Waals surface area contributed by atoms with E-state index in [1.165, 1.54) is 19.3 Å². The Bertz CT molecular complexity index is 95.7. The Labute approximate surface area is 67.6 Å². The van der Waals surface area contributed by atoms with E-state index in [-0.39, 0.29) is 19.2 Å². The van der Waals surface area contributed by atoms with Gasteiger partial charge in [0.05, 0.1) is 6.67 Å². The van der Waals surface area contributed by atoms with Crippen LogP contribution >= 0.6 is 0 Å². The van der Waals surface area contributed by atoms with Gasteiger partial charge >= 0.3 is 0 Å². The minimum Gasteiger partial charge on any atom is -0.396 e. The predicted octanol–water partition coefficient (Wildman–Crippen LogP) is 2.14. The molecule has 1 nitrogen and oxygen atoms in total. The Morgan fingerprint density at radius 2 is 1.91 bits per heavy atom. The quantitative estimate of drug-likeness (QED) is 0.670. The lowest BCUT2D eigenvalue weighted by Crippen LogP contribution is -2.22. The Morgan fingerprint density at radius 1 is 1.27 bits per heavy atom. The van der Waals surface area contributed by atoms with E-state index in [0.717, 1.165) is 12.8 Å². The molecule has 1 aliphatic rings. The van der Waals surface area contributed by atoms with Crippen molar-refractivity contribution in [2.75, 3.05) is 13.3 Å². The van der Waals surface area contributed by atoms with Gasteiger partial charge in [-0.25, -0.2) is 0 Å². The SMILES string of the molecule is OCC(CF)C1CCCCC1. The van der Waals surface area contributed by atoms with Crippen LogP contribution in [0.15, 0.2) is 0 Å². The van der Waals surface area contributed by atoms with Crippen molar-refractivity contribution in [1.29, 1.82) is 0 Å². The molecular formula is C9H17FO. The van der Waals surface area contributed by atoms with E-state index in [4.69, 9.17) is 5.11 Å². The Kier molecular flexibility index (Phi) is 3.84. The highest BCUT2D eigenvalue weighted by molar-refractivity contribution is 4.72. The fourth-order valence-electron chi connectivity index (χ4n) is 1.93. The van der Waals surface area contributed by atoms with E-state index in [1.807, 2.05) is 0 Å². The summed E-state index contributed by atoms with van der Waals surface area (Å²) in [6.45, 7) is -0.317. The van der Waals surface area contributed by atoms with Crippen molar-refractivity contribution in [3.05, 3.63) is 0 Å². The molecule has 0 aromatic rings. The molecule has 0 aromatic heterocycles. The van der Waals surface area contributed by atoms with Gasteiger partial charge in [-0.3, -0.25) is 4.39 Å². The molecule has 0 spiro atoms. The van der Waals surface area contributed by atoms with Crippen LogP contribution < -0.4 is 0 Å². The lowest BCUT2D eigenvalue weighted by atomic mass is 9.81. The van der Waals surface area contributed by atoms with E-state index in [1.54, 1.807) is 0 Å². The zero-order chi connectivity index (χ0) is 8.10. The van der Waals surface area contributed by atoms with Gasteiger partial charge in [0.15, 0.2) is 0 Å². The van der Waals surface area contributed by atoms with Crippen molar-refractivity contribution >= 4 is 0 Å². The highest BCUT2D eigenvalue weighted by Gasteiger charge is 2.22. The van der Waals surface area contributed by atoms with Crippen molar-refractivity contribution in [2.45, 2.75) is 32.1 Å². The second-order valence-corrected chi connectivity index (χ2v) is 3.50. The molecule has 1 N–H and O–H groups in total. The normalized spacial score (nSPS) is 23.5. The van der Waals surface area contributed by atoms with E-state index >= 15 is 0 Å². The molecule has 0 amide bonds. The average molecular weight is 160 g/mol. The van der Waals surface area contributed by atoms with Crippen LogP contribution in [-0.2, 0) is 0 Å². The minimum absolute atomic E-state index is 0.0289. The van der Waals surface area contributed by atoms with Gasteiger partial charge in [-0.05, 0) is 5.92 Å². The highest BCUT2D eigenvalue weighted by Crippen LogP contribution is 2.29. The second kappa shape index (κ2) is 4.70. The largest absolute Gasteiger partial charge is 0.396 e. The number of alkyl halides is 1. The molecule has 0 radical (unpaired) electrons. The van der Waals surface area contributed by atoms with Gasteiger partial charge in [0.25, 0.3) is 0 Å². The van der Waals surface area contributed by atoms with Crippen molar-refractivity contribution in [3.8, 4) is 0 Å². The molecule has 66 valence electrons. The minimum atomic E-state index is -0.346. The molecule has 0 aromatic carbocycles. The van der Waals surface area contributed by atoms with Crippen LogP contribution in [0.1, 0.15) is 32.1 Å². The molecule has 1 aliphatic carbocycles. The van der Waals surface area contributed by atoms with Gasteiger partial charge in [0.2, 0.25) is 0 Å². The summed E-state index contributed by atoms with van der Waals surface area (Å²) in [5, 5.41) is 8.84. The van der Waals surface area contributed by atoms with Crippen molar-refractivity contribution < 1.29 is 9.50 Å². The summed E-state index contributed by atoms with van der Waals surface area (Å²) < 4.78 is 12.3. The van der Waals surface area contributed by atoms with Gasteiger partial charge in [0, 0.05) is 12.5 Å². The maximum atomic E-state index is 12.3. The number of rotatable bonds is 3. The molecule has 0 heterocycles. The first-order valence-electron chi connectivity index (χ1n) is 4.55. The molecular weight excluding hydrogens is 143 g/mol. The molecule has 0 bridgehead atoms. The maximum absolute atomic E-state index is 12.3. The maximum Gasteiger partial charge on any atom is 0.0947 e. The molecule has 1 unspecified atom stereocenters. The second-order valence-electron chi connectivity index (χ2n) is 3.50. The summed E-state index contributed by atoms with van der Waals surface area (Å²) in [5.41, 5.74) is 0. The molecule has 1 saturated carbocycles. The third kappa shape index (κ3) is 2.44. The number of halogens is 1. The van der Waals surface area contributed by atoms with Crippen LogP contribution in [0, 0.1) is 11.8 Å². The van der Waals surface area contributed by atoms with Gasteiger partial charge in [0.1, 0.15) is 0 Å². The van der Waals surface area contributed by atoms with E-state index in [2.05, 4.69) is 0 Å². The summed E-state index contributed by atoms with van der Waals surface area (Å²) >= 11 is 0. The predicted molar refractivity (Wildman–Crippen MR) is 43.1 cm³/mol. The summed E-state index contributed by atoms with van der Waals surface area (Å²) in [6.07, 6.45) is 5.98. The van der Waals surface area contributed by atoms with Crippen LogP contribution in [0.25, 0.3) is 0 Å². The lowest BCUT2D eigenvalue weighted by molar-refractivity contribution is 0.123. The first kappa shape index (κ1) is 8.98. The molecule has 0 saturated heterocycles. The summed E-state index contributed by atoms with van der Waals surface area (Å²) in [6, 6.07) is 0. The van der Waals surface area contributed by atoms with E-state index in [0.29, 0.717) is 5.92 Å². The van der Waals surface area contributed by atoms with Crippen LogP contribution in [0.5, 0.6) is 0 Å². The first-order valence-corrected chi connectivity index (χ1v) is 4.55. The summed E-state index contributed by atoms with van der Waals surface area (Å²) in [7, 11) is 0. The third-order valence-electron chi connectivity index (χ3n) is 2.75. The molecule has 11 heavy (non-hydrogen) atoms. The number of hydrogen-bond donors (Lipinski definition) is 1. The van der Waals surface area contributed by atoms with Gasteiger partial charge in [-0.2, -0.15) is 0 Å². The molecule has 2 heteroatoms. The molecule has 1 rings (SSSR count). The molecule has 0 aliphatic heterocycles. The van der Waals surface area contributed by atoms with Gasteiger partial charge in [-0.15, -0.1) is 0 Å². The van der Waals surface area contributed by atoms with Gasteiger partial charge < -0.3 is 5.11 Å². The average Bonchev–Trinajstić information content (AvgIpc) is 2.09. The summed E-state index contributed by atoms with van der Waals surface area (Å²) in [5.74, 6) is 0.383. The topological polar surface area (TPSA) is 20.2 Å². The fraction of sp³-hybridized carbons (Fsp3) is 1.00. The van der Waals surface area contributed by atoms with Crippen LogP contribution in [-0.4, -0.2) is 18.4 Å². The first-order chi connectivity index (χ1) is 5.38. The number of aliphatic hydroxyl groups excluding tert-OH is 1. The van der Waals surface area contributed by atoms with Crippen molar-refractivity contribution in [2.24, 2.45) is 11.8 Å². The van der Waals surface area contributed by atoms with E-state index in [9.17, 15) is 4.39 Å². The van der Waals surface area contributed by atoms with Crippen LogP contribution in [0.4, 0.5) is 4.39 Å². The summed E-state index contributed by atoms with van der Waals surface area (Å²) in [4.78, 5) is 0. The highest BCUT2D eigenvalue weighted by atomic mass is 19.1. The smallest absolute Gasteiger partial charge is 0.0947 e. The van der Waals surface area contributed by atoms with Crippen molar-refractivity contribution in [3.63, 3.8) is 0 Å². The fourth-order valence-corrected chi connectivity index (χ4v) is 1.93. The van der Waals surface area contributed by atoms with Crippen LogP contribution in [0.2, 0.25) is 0 Å². The Balaban J connectivity index is 2.30. The Hall–Kier alpha value is -0.110. The van der Waals surface area contributed by atoms with Crippen molar-refractivity contribution in [1.82, 2.24) is 0 Å². The standard InChI is InChI=1S/C9H17FO/c10-6-9(7-11)8-4-2-1-3-5-8/h8-9,11H,1-7H2. The zero-order valence-corrected chi connectivity index (χ0v) is 6.93. The number of hydrogen-bond acceptors (Lipinski definition) is 1. The molecule has 1 fully saturated rings. The molecule has 1 atom stereocenters. The van der Waals surface area contributed by atoms with Crippen LogP contribution in [0.3, 0.4) is 0 Å². The van der Waals surface area contributed by atoms with Gasteiger partial charge in [-0.1, -0.05) is 32.1 Å². The zero-order valence-electron chi connectivity index (χ0n) is 6.93. The number of aliphatic hydroxyl groups is 1. The Morgan fingerprint density at radius 3 is 2.36 bits per heavy atom. The monoisotopic (exact) mass is 160 g/mol. The lowest BCUT2D eigenvalue weighted by Gasteiger charge is -2.26.